The van der Waals surface area contributed by atoms with Gasteiger partial charge in [0.15, 0.2) is 0 Å². The summed E-state index contributed by atoms with van der Waals surface area (Å²) in [5, 5.41) is 0. The minimum absolute atomic E-state index is 0.112. The fraction of sp³-hybridized carbons (Fsp3) is 0.462. The highest BCUT2D eigenvalue weighted by atomic mass is 35.5. The summed E-state index contributed by atoms with van der Waals surface area (Å²) >= 11 is 11.0. The van der Waals surface area contributed by atoms with E-state index in [2.05, 4.69) is 5.43 Å². The van der Waals surface area contributed by atoms with Gasteiger partial charge in [-0.1, -0.05) is 54.7 Å². The number of carbonyl (C=O) groups excluding carboxylic acids is 1. The van der Waals surface area contributed by atoms with Gasteiger partial charge in [-0.05, 0) is 25.0 Å². The first-order valence-electron chi connectivity index (χ1n) is 6.41. The predicted octanol–water partition coefficient (Wildman–Crippen LogP) is 4.43. The number of hydrogen-bond donors (Lipinski definition) is 1. The van der Waals surface area contributed by atoms with Crippen LogP contribution in [-0.4, -0.2) is 20.5 Å². The Morgan fingerprint density at radius 2 is 1.90 bits per heavy atom. The molecule has 1 fully saturated rings. The van der Waals surface area contributed by atoms with Crippen LogP contribution in [0.1, 0.15) is 19.4 Å². The minimum atomic E-state index is -2.58. The first-order valence-corrected chi connectivity index (χ1v) is 7.94. The van der Waals surface area contributed by atoms with Crippen molar-refractivity contribution >= 4 is 46.9 Å². The normalized spacial score (nSPS) is 19.8. The SMILES string of the molecule is Cc1ccc(N2C(=O)N(SC(F)(Cl)Cl)NC2C(C)C)cc1. The predicted molar refractivity (Wildman–Crippen MR) is 85.8 cm³/mol. The average Bonchev–Trinajstić information content (AvgIpc) is 2.66. The summed E-state index contributed by atoms with van der Waals surface area (Å²) in [6.45, 7) is 5.89. The maximum absolute atomic E-state index is 13.4. The topological polar surface area (TPSA) is 35.6 Å². The lowest BCUT2D eigenvalue weighted by Crippen LogP contribution is -2.41. The number of amides is 2. The second-order valence-electron chi connectivity index (χ2n) is 5.14. The van der Waals surface area contributed by atoms with Gasteiger partial charge in [0.2, 0.25) is 0 Å². The number of carbonyl (C=O) groups is 1. The maximum Gasteiger partial charge on any atom is 0.350 e. The zero-order chi connectivity index (χ0) is 15.8. The summed E-state index contributed by atoms with van der Waals surface area (Å²) in [5.74, 6) is 0.112. The Bertz CT molecular complexity index is 521. The van der Waals surface area contributed by atoms with Crippen molar-refractivity contribution in [1.82, 2.24) is 9.84 Å². The van der Waals surface area contributed by atoms with Gasteiger partial charge in [-0.25, -0.2) is 4.79 Å². The summed E-state index contributed by atoms with van der Waals surface area (Å²) in [4.78, 5) is 14.0. The lowest BCUT2D eigenvalue weighted by molar-refractivity contribution is 0.235. The molecule has 21 heavy (non-hydrogen) atoms. The smallest absolute Gasteiger partial charge is 0.275 e. The molecule has 2 rings (SSSR count). The Hall–Kier alpha value is -0.690. The average molecular weight is 352 g/mol. The Labute approximate surface area is 137 Å². The molecule has 0 aliphatic carbocycles. The number of nitrogens with zero attached hydrogens (tertiary/aromatic N) is 2. The molecule has 1 unspecified atom stereocenters. The summed E-state index contributed by atoms with van der Waals surface area (Å²) in [6.07, 6.45) is -0.302. The molecule has 2 amide bonds. The Morgan fingerprint density at radius 3 is 2.38 bits per heavy atom. The molecule has 0 aromatic heterocycles. The molecule has 1 atom stereocenters. The van der Waals surface area contributed by atoms with Crippen molar-refractivity contribution in [2.45, 2.75) is 30.9 Å². The van der Waals surface area contributed by atoms with Gasteiger partial charge in [-0.2, -0.15) is 14.2 Å². The molecule has 0 bridgehead atoms. The van der Waals surface area contributed by atoms with Crippen LogP contribution in [0.25, 0.3) is 0 Å². The summed E-state index contributed by atoms with van der Waals surface area (Å²) in [6, 6.07) is 7.12. The van der Waals surface area contributed by atoms with Crippen LogP contribution < -0.4 is 10.3 Å². The van der Waals surface area contributed by atoms with Gasteiger partial charge in [0.25, 0.3) is 0 Å². The molecule has 4 nitrogen and oxygen atoms in total. The van der Waals surface area contributed by atoms with Crippen molar-refractivity contribution in [2.75, 3.05) is 4.90 Å². The van der Waals surface area contributed by atoms with Crippen LogP contribution in [-0.2, 0) is 0 Å². The summed E-state index contributed by atoms with van der Waals surface area (Å²) in [7, 11) is 0. The Balaban J connectivity index is 2.29. The molecule has 1 saturated heterocycles. The van der Waals surface area contributed by atoms with E-state index in [0.717, 1.165) is 15.7 Å². The molecule has 1 heterocycles. The highest BCUT2D eigenvalue weighted by molar-refractivity contribution is 8.01. The molecule has 8 heteroatoms. The molecule has 1 aromatic carbocycles. The third-order valence-electron chi connectivity index (χ3n) is 3.05. The zero-order valence-electron chi connectivity index (χ0n) is 11.8. The standard InChI is InChI=1S/C13H16Cl2FN3OS/c1-8(2)11-17-19(21-13(14,15)16)12(20)18(11)10-6-4-9(3)5-7-10/h4-8,11,17H,1-3H3. The van der Waals surface area contributed by atoms with Gasteiger partial charge < -0.3 is 0 Å². The first-order chi connectivity index (χ1) is 9.69. The Morgan fingerprint density at radius 1 is 1.33 bits per heavy atom. The molecule has 0 saturated carbocycles. The number of alkyl halides is 3. The number of hydrogen-bond acceptors (Lipinski definition) is 3. The number of anilines is 1. The number of hydrazine groups is 1. The molecule has 1 aliphatic rings. The largest absolute Gasteiger partial charge is 0.350 e. The number of rotatable bonds is 4. The van der Waals surface area contributed by atoms with Gasteiger partial charge in [0, 0.05) is 17.6 Å². The van der Waals surface area contributed by atoms with Gasteiger partial charge in [0.05, 0.1) is 0 Å². The fourth-order valence-electron chi connectivity index (χ4n) is 2.04. The molecule has 1 N–H and O–H groups in total. The number of aryl methyl sites for hydroxylation is 1. The lowest BCUT2D eigenvalue weighted by atomic mass is 10.1. The van der Waals surface area contributed by atoms with E-state index in [1.165, 1.54) is 0 Å². The van der Waals surface area contributed by atoms with E-state index in [0.29, 0.717) is 11.9 Å². The second kappa shape index (κ2) is 6.20. The van der Waals surface area contributed by atoms with Gasteiger partial charge in [-0.15, -0.1) is 0 Å². The van der Waals surface area contributed by atoms with Crippen molar-refractivity contribution in [1.29, 1.82) is 0 Å². The molecule has 1 aliphatic heterocycles. The molecule has 0 radical (unpaired) electrons. The summed E-state index contributed by atoms with van der Waals surface area (Å²) < 4.78 is 11.8. The molecular formula is C13H16Cl2FN3OS. The Kier molecular flexibility index (Phi) is 4.92. The van der Waals surface area contributed by atoms with Crippen LogP contribution in [0.2, 0.25) is 0 Å². The van der Waals surface area contributed by atoms with Crippen LogP contribution in [0.15, 0.2) is 24.3 Å². The van der Waals surface area contributed by atoms with E-state index >= 15 is 0 Å². The van der Waals surface area contributed by atoms with E-state index in [1.807, 2.05) is 45.0 Å². The lowest BCUT2D eigenvalue weighted by Gasteiger charge is -2.25. The van der Waals surface area contributed by atoms with Crippen LogP contribution in [0.4, 0.5) is 14.9 Å². The number of halogens is 3. The van der Waals surface area contributed by atoms with E-state index < -0.39 is 9.95 Å². The quantitative estimate of drug-likeness (QED) is 0.643. The van der Waals surface area contributed by atoms with Crippen molar-refractivity contribution in [3.8, 4) is 0 Å². The van der Waals surface area contributed by atoms with Crippen LogP contribution in [0.5, 0.6) is 0 Å². The van der Waals surface area contributed by atoms with Crippen molar-refractivity contribution in [3.63, 3.8) is 0 Å². The zero-order valence-corrected chi connectivity index (χ0v) is 14.1. The molecule has 116 valence electrons. The second-order valence-corrected chi connectivity index (χ2v) is 7.93. The summed E-state index contributed by atoms with van der Waals surface area (Å²) in [5.41, 5.74) is 4.75. The van der Waals surface area contributed by atoms with Crippen molar-refractivity contribution < 1.29 is 9.18 Å². The van der Waals surface area contributed by atoms with Crippen LogP contribution >= 0.6 is 35.1 Å². The third kappa shape index (κ3) is 3.94. The van der Waals surface area contributed by atoms with Crippen molar-refractivity contribution in [2.24, 2.45) is 5.92 Å². The van der Waals surface area contributed by atoms with Crippen LogP contribution in [0.3, 0.4) is 0 Å². The molecular weight excluding hydrogens is 336 g/mol. The van der Waals surface area contributed by atoms with E-state index in [1.54, 1.807) is 4.90 Å². The maximum atomic E-state index is 13.4. The number of benzene rings is 1. The van der Waals surface area contributed by atoms with E-state index in [-0.39, 0.29) is 12.1 Å². The fourth-order valence-corrected chi connectivity index (χ4v) is 2.99. The number of urea groups is 1. The van der Waals surface area contributed by atoms with Gasteiger partial charge >= 0.3 is 9.95 Å². The third-order valence-corrected chi connectivity index (χ3v) is 4.11. The highest BCUT2D eigenvalue weighted by Crippen LogP contribution is 2.40. The number of nitrogens with one attached hydrogen (secondary N) is 1. The van der Waals surface area contributed by atoms with E-state index in [4.69, 9.17) is 23.2 Å². The minimum Gasteiger partial charge on any atom is -0.275 e. The van der Waals surface area contributed by atoms with Crippen molar-refractivity contribution in [3.05, 3.63) is 29.8 Å². The van der Waals surface area contributed by atoms with E-state index in [9.17, 15) is 9.18 Å². The van der Waals surface area contributed by atoms with Gasteiger partial charge in [-0.3, -0.25) is 4.90 Å². The molecule has 1 aromatic rings. The highest BCUT2D eigenvalue weighted by Gasteiger charge is 2.43. The van der Waals surface area contributed by atoms with Crippen LogP contribution in [0, 0.1) is 12.8 Å². The first kappa shape index (κ1) is 16.7. The monoisotopic (exact) mass is 351 g/mol. The molecule has 0 spiro atoms. The van der Waals surface area contributed by atoms with Gasteiger partial charge in [0.1, 0.15) is 6.17 Å².